The molecule has 2 aromatic rings. The lowest BCUT2D eigenvalue weighted by Crippen LogP contribution is -2.43. The second kappa shape index (κ2) is 6.64. The fraction of sp³-hybridized carbons (Fsp3) is 0.353. The van der Waals surface area contributed by atoms with Gasteiger partial charge in [-0.05, 0) is 24.3 Å². The second-order valence-electron chi connectivity index (χ2n) is 5.64. The molecule has 2 aromatic heterocycles. The molecule has 6 heteroatoms. The topological polar surface area (TPSA) is 64.4 Å². The number of rotatable bonds is 3. The molecule has 0 aliphatic carbocycles. The number of hydrogen-bond donors (Lipinski definition) is 0. The Morgan fingerprint density at radius 3 is 2.74 bits per heavy atom. The van der Waals surface area contributed by atoms with E-state index in [-0.39, 0.29) is 23.1 Å². The number of nitrogens with zero attached hydrogens (tertiary/aromatic N) is 3. The van der Waals surface area contributed by atoms with Crippen LogP contribution in [0.2, 0.25) is 0 Å². The van der Waals surface area contributed by atoms with Crippen molar-refractivity contribution in [2.75, 3.05) is 13.1 Å². The molecule has 0 bridgehead atoms. The van der Waals surface area contributed by atoms with Crippen molar-refractivity contribution < 1.29 is 9.53 Å². The molecule has 1 fully saturated rings. The Morgan fingerprint density at radius 2 is 2.04 bits per heavy atom. The van der Waals surface area contributed by atoms with E-state index in [1.807, 2.05) is 12.1 Å². The summed E-state index contributed by atoms with van der Waals surface area (Å²) in [6.45, 7) is 1.17. The number of amides is 1. The Hall–Kier alpha value is -2.63. The summed E-state index contributed by atoms with van der Waals surface area (Å²) in [5, 5.41) is 0. The average Bonchev–Trinajstić information content (AvgIpc) is 2.58. The third kappa shape index (κ3) is 3.41. The summed E-state index contributed by atoms with van der Waals surface area (Å²) in [5.41, 5.74) is -0.0344. The number of carbonyl (C=O) groups excluding carboxylic acids is 1. The minimum Gasteiger partial charge on any atom is -0.489 e. The monoisotopic (exact) mass is 313 g/mol. The summed E-state index contributed by atoms with van der Waals surface area (Å²) in [5.74, 6) is 0.542. The Labute approximate surface area is 134 Å². The number of carbonyl (C=O) groups is 1. The van der Waals surface area contributed by atoms with E-state index in [0.717, 1.165) is 18.6 Å². The van der Waals surface area contributed by atoms with Gasteiger partial charge in [-0.1, -0.05) is 0 Å². The Bertz CT molecular complexity index is 734. The zero-order valence-corrected chi connectivity index (χ0v) is 13.0. The van der Waals surface area contributed by atoms with Gasteiger partial charge in [0.25, 0.3) is 11.5 Å². The van der Waals surface area contributed by atoms with Crippen LogP contribution in [-0.2, 0) is 7.05 Å². The highest BCUT2D eigenvalue weighted by Gasteiger charge is 2.26. The highest BCUT2D eigenvalue weighted by atomic mass is 16.5. The van der Waals surface area contributed by atoms with Crippen LogP contribution in [0.4, 0.5) is 0 Å². The van der Waals surface area contributed by atoms with Crippen LogP contribution in [0, 0.1) is 0 Å². The van der Waals surface area contributed by atoms with Crippen molar-refractivity contribution in [3.05, 3.63) is 58.8 Å². The molecule has 1 aliphatic rings. The molecule has 0 aromatic carbocycles. The van der Waals surface area contributed by atoms with Crippen LogP contribution >= 0.6 is 0 Å². The van der Waals surface area contributed by atoms with Gasteiger partial charge in [0.05, 0.1) is 6.20 Å². The van der Waals surface area contributed by atoms with E-state index in [4.69, 9.17) is 4.74 Å². The summed E-state index contributed by atoms with van der Waals surface area (Å²) in [7, 11) is 1.65. The molecule has 1 saturated heterocycles. The lowest BCUT2D eigenvalue weighted by atomic mass is 10.1. The molecule has 0 unspecified atom stereocenters. The van der Waals surface area contributed by atoms with E-state index in [1.54, 1.807) is 42.7 Å². The quantitative estimate of drug-likeness (QED) is 0.860. The van der Waals surface area contributed by atoms with Crippen molar-refractivity contribution in [1.29, 1.82) is 0 Å². The minimum atomic E-state index is -0.258. The molecule has 0 radical (unpaired) electrons. The van der Waals surface area contributed by atoms with Crippen molar-refractivity contribution in [2.45, 2.75) is 18.9 Å². The third-order valence-electron chi connectivity index (χ3n) is 4.02. The molecule has 1 amide bonds. The van der Waals surface area contributed by atoms with Crippen molar-refractivity contribution in [1.82, 2.24) is 14.5 Å². The molecule has 0 N–H and O–H groups in total. The maximum absolute atomic E-state index is 12.5. The molecule has 120 valence electrons. The van der Waals surface area contributed by atoms with Gasteiger partial charge in [-0.2, -0.15) is 0 Å². The Balaban J connectivity index is 1.61. The maximum Gasteiger partial charge on any atom is 0.263 e. The Morgan fingerprint density at radius 1 is 1.26 bits per heavy atom. The number of aryl methyl sites for hydroxylation is 1. The number of hydrogen-bond acceptors (Lipinski definition) is 4. The van der Waals surface area contributed by atoms with E-state index >= 15 is 0 Å². The number of piperidine rings is 1. The molecule has 0 spiro atoms. The highest BCUT2D eigenvalue weighted by Crippen LogP contribution is 2.18. The summed E-state index contributed by atoms with van der Waals surface area (Å²) < 4.78 is 7.29. The summed E-state index contributed by atoms with van der Waals surface area (Å²) >= 11 is 0. The van der Waals surface area contributed by atoms with Crippen molar-refractivity contribution in [2.24, 2.45) is 7.05 Å². The van der Waals surface area contributed by atoms with Gasteiger partial charge in [0, 0.05) is 45.4 Å². The zero-order chi connectivity index (χ0) is 16.2. The lowest BCUT2D eigenvalue weighted by molar-refractivity contribution is 0.0593. The number of ether oxygens (including phenoxy) is 1. The summed E-state index contributed by atoms with van der Waals surface area (Å²) in [4.78, 5) is 30.3. The smallest absolute Gasteiger partial charge is 0.263 e. The molecule has 3 heterocycles. The molecule has 6 nitrogen and oxygen atoms in total. The molecular formula is C17H19N3O3. The molecular weight excluding hydrogens is 294 g/mol. The van der Waals surface area contributed by atoms with E-state index in [9.17, 15) is 9.59 Å². The average molecular weight is 313 g/mol. The number of pyridine rings is 2. The van der Waals surface area contributed by atoms with E-state index in [1.165, 1.54) is 4.57 Å². The molecule has 1 aliphatic heterocycles. The SMILES string of the molecule is Cn1cccc(C(=O)N2CCC(Oc3cccnc3)CC2)c1=O. The van der Waals surface area contributed by atoms with Crippen LogP contribution in [0.15, 0.2) is 47.7 Å². The molecule has 3 rings (SSSR count). The van der Waals surface area contributed by atoms with Gasteiger partial charge in [-0.15, -0.1) is 0 Å². The van der Waals surface area contributed by atoms with Crippen molar-refractivity contribution in [3.63, 3.8) is 0 Å². The predicted octanol–water partition coefficient (Wildman–Crippen LogP) is 1.46. The minimum absolute atomic E-state index is 0.0712. The van der Waals surface area contributed by atoms with E-state index < -0.39 is 0 Å². The van der Waals surface area contributed by atoms with Crippen LogP contribution in [0.1, 0.15) is 23.2 Å². The van der Waals surface area contributed by atoms with E-state index in [0.29, 0.717) is 13.1 Å². The standard InChI is InChI=1S/C17H19N3O3/c1-19-9-3-5-15(16(19)21)17(22)20-10-6-13(7-11-20)23-14-4-2-8-18-12-14/h2-5,8-9,12-13H,6-7,10-11H2,1H3. The van der Waals surface area contributed by atoms with Crippen LogP contribution in [-0.4, -0.2) is 39.6 Å². The van der Waals surface area contributed by atoms with Crippen molar-refractivity contribution in [3.8, 4) is 5.75 Å². The van der Waals surface area contributed by atoms with Gasteiger partial charge < -0.3 is 14.2 Å². The van der Waals surface area contributed by atoms with Gasteiger partial charge in [-0.3, -0.25) is 14.6 Å². The number of likely N-dealkylation sites (tertiary alicyclic amines) is 1. The van der Waals surface area contributed by atoms with Gasteiger partial charge in [0.2, 0.25) is 0 Å². The first-order chi connectivity index (χ1) is 11.1. The summed E-state index contributed by atoms with van der Waals surface area (Å²) in [6, 6.07) is 7.01. The fourth-order valence-corrected chi connectivity index (χ4v) is 2.72. The third-order valence-corrected chi connectivity index (χ3v) is 4.02. The maximum atomic E-state index is 12.5. The van der Waals surface area contributed by atoms with Gasteiger partial charge in [0.15, 0.2) is 0 Å². The van der Waals surface area contributed by atoms with Gasteiger partial charge in [-0.25, -0.2) is 0 Å². The molecule has 0 atom stereocenters. The van der Waals surface area contributed by atoms with Crippen molar-refractivity contribution >= 4 is 5.91 Å². The molecule has 0 saturated carbocycles. The fourth-order valence-electron chi connectivity index (χ4n) is 2.72. The second-order valence-corrected chi connectivity index (χ2v) is 5.64. The predicted molar refractivity (Wildman–Crippen MR) is 85.5 cm³/mol. The van der Waals surface area contributed by atoms with Crippen LogP contribution in [0.3, 0.4) is 0 Å². The van der Waals surface area contributed by atoms with Crippen LogP contribution in [0.5, 0.6) is 5.75 Å². The lowest BCUT2D eigenvalue weighted by Gasteiger charge is -2.32. The highest BCUT2D eigenvalue weighted by molar-refractivity contribution is 5.93. The van der Waals surface area contributed by atoms with Crippen LogP contribution < -0.4 is 10.3 Å². The number of aromatic nitrogens is 2. The molecule has 23 heavy (non-hydrogen) atoms. The first-order valence-electron chi connectivity index (χ1n) is 7.67. The Kier molecular flexibility index (Phi) is 4.41. The van der Waals surface area contributed by atoms with Gasteiger partial charge in [0.1, 0.15) is 17.4 Å². The van der Waals surface area contributed by atoms with E-state index in [2.05, 4.69) is 4.98 Å². The van der Waals surface area contributed by atoms with Gasteiger partial charge >= 0.3 is 0 Å². The largest absolute Gasteiger partial charge is 0.489 e. The normalized spacial score (nSPS) is 15.4. The first-order valence-corrected chi connectivity index (χ1v) is 7.67. The summed E-state index contributed by atoms with van der Waals surface area (Å²) in [6.07, 6.45) is 6.59. The first kappa shape index (κ1) is 15.3. The zero-order valence-electron chi connectivity index (χ0n) is 13.0. The van der Waals surface area contributed by atoms with Crippen LogP contribution in [0.25, 0.3) is 0 Å².